The molecule has 2 amide bonds. The van der Waals surface area contributed by atoms with Crippen LogP contribution in [0.3, 0.4) is 0 Å². The predicted molar refractivity (Wildman–Crippen MR) is 144 cm³/mol. The van der Waals surface area contributed by atoms with Crippen LogP contribution >= 0.6 is 0 Å². The number of pyridine rings is 1. The number of anilines is 1. The average molecular weight is 509 g/mol. The summed E-state index contributed by atoms with van der Waals surface area (Å²) < 4.78 is 6.63. The highest BCUT2D eigenvalue weighted by molar-refractivity contribution is 6.07. The van der Waals surface area contributed by atoms with Crippen molar-refractivity contribution in [2.75, 3.05) is 38.6 Å². The van der Waals surface area contributed by atoms with Crippen LogP contribution < -0.4 is 10.1 Å². The molecule has 0 spiro atoms. The summed E-state index contributed by atoms with van der Waals surface area (Å²) >= 11 is 0. The van der Waals surface area contributed by atoms with Gasteiger partial charge in [0.05, 0.1) is 23.9 Å². The van der Waals surface area contributed by atoms with E-state index in [1.54, 1.807) is 47.6 Å². The van der Waals surface area contributed by atoms with Crippen molar-refractivity contribution < 1.29 is 19.4 Å². The molecule has 37 heavy (non-hydrogen) atoms. The van der Waals surface area contributed by atoms with Gasteiger partial charge in [-0.25, -0.2) is 0 Å². The molecule has 2 aromatic rings. The van der Waals surface area contributed by atoms with Gasteiger partial charge in [-0.3, -0.25) is 14.6 Å². The maximum absolute atomic E-state index is 13.6. The molecule has 2 aliphatic rings. The number of hydrogen-bond donors (Lipinski definition) is 2. The Hall–Kier alpha value is -2.97. The van der Waals surface area contributed by atoms with Crippen molar-refractivity contribution in [1.29, 1.82) is 0 Å². The number of para-hydroxylation sites is 1. The molecular formula is C29H40N4O4. The fraction of sp³-hybridized carbons (Fsp3) is 0.552. The quantitative estimate of drug-likeness (QED) is 0.558. The second-order valence-corrected chi connectivity index (χ2v) is 10.7. The van der Waals surface area contributed by atoms with Crippen LogP contribution in [0, 0.1) is 11.8 Å². The third-order valence-electron chi connectivity index (χ3n) is 7.67. The Morgan fingerprint density at radius 3 is 2.62 bits per heavy atom. The lowest BCUT2D eigenvalue weighted by Gasteiger charge is -2.39. The minimum atomic E-state index is -0.336. The Kier molecular flexibility index (Phi) is 9.16. The first kappa shape index (κ1) is 27.1. The standard InChI is InChI=1S/C29H40N4O4/c1-20-16-33(21(2)19-34)29(36)24-10-7-11-25(31-28(35)23-12-14-30-15-13-23)27(24)37-26(20)18-32(3)17-22-8-5-4-6-9-22/h7,10-15,20-22,26,34H,4-6,8-9,16-19H2,1-3H3,(H,31,35)/t20-,21+,26-/m0/s1. The highest BCUT2D eigenvalue weighted by atomic mass is 16.5. The zero-order chi connectivity index (χ0) is 26.4. The molecule has 0 saturated heterocycles. The Labute approximate surface area is 220 Å². The van der Waals surface area contributed by atoms with Gasteiger partial charge in [-0.1, -0.05) is 32.3 Å². The van der Waals surface area contributed by atoms with Crippen LogP contribution in [0.25, 0.3) is 0 Å². The normalized spacial score (nSPS) is 21.5. The topological polar surface area (TPSA) is 95.0 Å². The van der Waals surface area contributed by atoms with Crippen LogP contribution in [-0.4, -0.2) is 77.1 Å². The van der Waals surface area contributed by atoms with Crippen molar-refractivity contribution in [3.8, 4) is 5.75 Å². The maximum Gasteiger partial charge on any atom is 0.258 e. The molecule has 8 nitrogen and oxygen atoms in total. The molecule has 3 atom stereocenters. The average Bonchev–Trinajstić information content (AvgIpc) is 2.91. The van der Waals surface area contributed by atoms with Gasteiger partial charge >= 0.3 is 0 Å². The van der Waals surface area contributed by atoms with Crippen LogP contribution in [0.15, 0.2) is 42.7 Å². The number of aliphatic hydroxyl groups excluding tert-OH is 1. The number of benzene rings is 1. The lowest BCUT2D eigenvalue weighted by Crippen LogP contribution is -2.50. The number of amides is 2. The van der Waals surface area contributed by atoms with E-state index < -0.39 is 0 Å². The van der Waals surface area contributed by atoms with Crippen LogP contribution in [0.1, 0.15) is 66.7 Å². The lowest BCUT2D eigenvalue weighted by atomic mass is 9.89. The highest BCUT2D eigenvalue weighted by Gasteiger charge is 2.35. The van der Waals surface area contributed by atoms with Crippen molar-refractivity contribution in [3.05, 3.63) is 53.9 Å². The number of hydrogen-bond acceptors (Lipinski definition) is 6. The monoisotopic (exact) mass is 508 g/mol. The number of nitrogens with zero attached hydrogens (tertiary/aromatic N) is 3. The van der Waals surface area contributed by atoms with E-state index in [9.17, 15) is 14.7 Å². The van der Waals surface area contributed by atoms with Gasteiger partial charge in [-0.2, -0.15) is 0 Å². The van der Waals surface area contributed by atoms with E-state index >= 15 is 0 Å². The van der Waals surface area contributed by atoms with E-state index in [-0.39, 0.29) is 36.5 Å². The third kappa shape index (κ3) is 6.67. The molecular weight excluding hydrogens is 468 g/mol. The summed E-state index contributed by atoms with van der Waals surface area (Å²) in [4.78, 5) is 34.7. The summed E-state index contributed by atoms with van der Waals surface area (Å²) in [7, 11) is 2.14. The second-order valence-electron chi connectivity index (χ2n) is 10.7. The second kappa shape index (κ2) is 12.5. The molecule has 1 saturated carbocycles. The number of aromatic nitrogens is 1. The number of nitrogens with one attached hydrogen (secondary N) is 1. The molecule has 1 aromatic carbocycles. The maximum atomic E-state index is 13.6. The number of aliphatic hydroxyl groups is 1. The molecule has 0 unspecified atom stereocenters. The summed E-state index contributed by atoms with van der Waals surface area (Å²) in [5.41, 5.74) is 1.32. The predicted octanol–water partition coefficient (Wildman–Crippen LogP) is 4.07. The summed E-state index contributed by atoms with van der Waals surface area (Å²) in [6, 6.07) is 8.19. The van der Waals surface area contributed by atoms with Crippen LogP contribution in [0.2, 0.25) is 0 Å². The number of likely N-dealkylation sites (N-methyl/N-ethyl adjacent to an activating group) is 1. The van der Waals surface area contributed by atoms with Gasteiger partial charge in [-0.05, 0) is 57.0 Å². The van der Waals surface area contributed by atoms with E-state index in [4.69, 9.17) is 4.74 Å². The number of carbonyl (C=O) groups excluding carboxylic acids is 2. The van der Waals surface area contributed by atoms with Gasteiger partial charge in [0.1, 0.15) is 6.10 Å². The molecule has 2 heterocycles. The van der Waals surface area contributed by atoms with Crippen LogP contribution in [-0.2, 0) is 0 Å². The van der Waals surface area contributed by atoms with E-state index in [1.165, 1.54) is 32.1 Å². The fourth-order valence-electron chi connectivity index (χ4n) is 5.45. The first-order chi connectivity index (χ1) is 17.9. The van der Waals surface area contributed by atoms with Crippen molar-refractivity contribution in [2.45, 2.75) is 58.1 Å². The molecule has 1 fully saturated rings. The highest BCUT2D eigenvalue weighted by Crippen LogP contribution is 2.35. The molecule has 200 valence electrons. The molecule has 1 aliphatic heterocycles. The molecule has 2 N–H and O–H groups in total. The van der Waals surface area contributed by atoms with Crippen molar-refractivity contribution in [1.82, 2.24) is 14.8 Å². The van der Waals surface area contributed by atoms with E-state index in [1.807, 2.05) is 6.92 Å². The minimum Gasteiger partial charge on any atom is -0.486 e. The van der Waals surface area contributed by atoms with Gasteiger partial charge in [0.2, 0.25) is 0 Å². The number of fused-ring (bicyclic) bond motifs is 1. The lowest BCUT2D eigenvalue weighted by molar-refractivity contribution is 0.0332. The van der Waals surface area contributed by atoms with Crippen LogP contribution in [0.5, 0.6) is 5.75 Å². The molecule has 8 heteroatoms. The first-order valence-electron chi connectivity index (χ1n) is 13.5. The largest absolute Gasteiger partial charge is 0.486 e. The molecule has 1 aromatic heterocycles. The van der Waals surface area contributed by atoms with Gasteiger partial charge in [-0.15, -0.1) is 0 Å². The third-order valence-corrected chi connectivity index (χ3v) is 7.67. The zero-order valence-electron chi connectivity index (χ0n) is 22.2. The Bertz CT molecular complexity index is 1060. The summed E-state index contributed by atoms with van der Waals surface area (Å²) in [6.45, 7) is 6.03. The molecule has 4 rings (SSSR count). The van der Waals surface area contributed by atoms with Gasteiger partial charge < -0.3 is 25.0 Å². The number of ether oxygens (including phenoxy) is 1. The van der Waals surface area contributed by atoms with Crippen molar-refractivity contribution in [3.63, 3.8) is 0 Å². The van der Waals surface area contributed by atoms with Gasteiger partial charge in [0, 0.05) is 43.5 Å². The van der Waals surface area contributed by atoms with E-state index in [2.05, 4.69) is 29.2 Å². The smallest absolute Gasteiger partial charge is 0.258 e. The fourth-order valence-corrected chi connectivity index (χ4v) is 5.45. The summed E-state index contributed by atoms with van der Waals surface area (Å²) in [6.07, 6.45) is 9.42. The van der Waals surface area contributed by atoms with Crippen molar-refractivity contribution >= 4 is 17.5 Å². The summed E-state index contributed by atoms with van der Waals surface area (Å²) in [5, 5.41) is 12.8. The first-order valence-corrected chi connectivity index (χ1v) is 13.5. The van der Waals surface area contributed by atoms with E-state index in [0.717, 1.165) is 6.54 Å². The minimum absolute atomic E-state index is 0.0175. The Morgan fingerprint density at radius 1 is 1.19 bits per heavy atom. The zero-order valence-corrected chi connectivity index (χ0v) is 22.2. The molecule has 1 aliphatic carbocycles. The molecule has 0 bridgehead atoms. The van der Waals surface area contributed by atoms with Crippen LogP contribution in [0.4, 0.5) is 5.69 Å². The SMILES string of the molecule is C[C@H](CO)N1C[C@H](C)[C@H](CN(C)CC2CCCCC2)Oc2c(NC(=O)c3ccncc3)cccc2C1=O. The number of rotatable bonds is 8. The number of carbonyl (C=O) groups is 2. The van der Waals surface area contributed by atoms with Gasteiger partial charge in [0.25, 0.3) is 11.8 Å². The summed E-state index contributed by atoms with van der Waals surface area (Å²) in [5.74, 6) is 0.597. The molecule has 0 radical (unpaired) electrons. The van der Waals surface area contributed by atoms with Gasteiger partial charge in [0.15, 0.2) is 5.75 Å². The Morgan fingerprint density at radius 2 is 1.92 bits per heavy atom. The Balaban J connectivity index is 1.63. The van der Waals surface area contributed by atoms with E-state index in [0.29, 0.717) is 41.6 Å². The van der Waals surface area contributed by atoms with Crippen molar-refractivity contribution in [2.24, 2.45) is 11.8 Å².